The number of benzene rings is 1. The third-order valence-corrected chi connectivity index (χ3v) is 2.77. The van der Waals surface area contributed by atoms with E-state index in [1.54, 1.807) is 0 Å². The predicted molar refractivity (Wildman–Crippen MR) is 56.3 cm³/mol. The van der Waals surface area contributed by atoms with Crippen LogP contribution in [0.3, 0.4) is 0 Å². The molecular formula is C12H13NO. The molecule has 0 amide bonds. The summed E-state index contributed by atoms with van der Waals surface area (Å²) in [5.74, 6) is 0. The largest absolute Gasteiger partial charge is 0.373 e. The lowest BCUT2D eigenvalue weighted by Gasteiger charge is -2.02. The number of hydrogen-bond acceptors (Lipinski definition) is 1. The number of aryl methyl sites for hydroxylation is 1. The van der Waals surface area contributed by atoms with Crippen molar-refractivity contribution in [2.45, 2.75) is 19.1 Å². The van der Waals surface area contributed by atoms with Gasteiger partial charge in [0.25, 0.3) is 0 Å². The summed E-state index contributed by atoms with van der Waals surface area (Å²) < 4.78 is 7.51. The van der Waals surface area contributed by atoms with Crippen molar-refractivity contribution in [1.29, 1.82) is 0 Å². The van der Waals surface area contributed by atoms with Crippen LogP contribution in [0.25, 0.3) is 10.9 Å². The Hall–Kier alpha value is -1.28. The highest BCUT2D eigenvalue weighted by Crippen LogP contribution is 2.19. The molecule has 1 saturated heterocycles. The number of aromatic nitrogens is 1. The summed E-state index contributed by atoms with van der Waals surface area (Å²) >= 11 is 0. The van der Waals surface area contributed by atoms with Crippen molar-refractivity contribution in [3.63, 3.8) is 0 Å². The van der Waals surface area contributed by atoms with Gasteiger partial charge in [-0.3, -0.25) is 0 Å². The molecule has 72 valence electrons. The average molecular weight is 187 g/mol. The van der Waals surface area contributed by atoms with Gasteiger partial charge >= 0.3 is 0 Å². The van der Waals surface area contributed by atoms with Crippen molar-refractivity contribution in [2.24, 2.45) is 0 Å². The zero-order chi connectivity index (χ0) is 9.38. The van der Waals surface area contributed by atoms with Gasteiger partial charge in [-0.2, -0.15) is 0 Å². The summed E-state index contributed by atoms with van der Waals surface area (Å²) in [6.45, 7) is 2.03. The molecule has 1 unspecified atom stereocenters. The lowest BCUT2D eigenvalue weighted by molar-refractivity contribution is 0.386. The van der Waals surface area contributed by atoms with Gasteiger partial charge in [0.05, 0.1) is 12.7 Å². The van der Waals surface area contributed by atoms with Crippen LogP contribution in [0, 0.1) is 0 Å². The van der Waals surface area contributed by atoms with Gasteiger partial charge in [-0.15, -0.1) is 0 Å². The van der Waals surface area contributed by atoms with Crippen molar-refractivity contribution in [3.8, 4) is 0 Å². The molecule has 1 aliphatic heterocycles. The number of nitrogens with zero attached hydrogens (tertiary/aromatic N) is 1. The molecule has 0 bridgehead atoms. The molecule has 2 nitrogen and oxygen atoms in total. The molecule has 0 N–H and O–H groups in total. The molecule has 2 heterocycles. The molecule has 1 fully saturated rings. The molecule has 2 heteroatoms. The Kier molecular flexibility index (Phi) is 1.81. The molecule has 1 aliphatic rings. The molecule has 1 atom stereocenters. The first-order valence-corrected chi connectivity index (χ1v) is 5.09. The number of para-hydroxylation sites is 1. The Bertz CT molecular complexity index is 442. The van der Waals surface area contributed by atoms with Crippen LogP contribution in [0.5, 0.6) is 0 Å². The second-order valence-corrected chi connectivity index (χ2v) is 3.81. The van der Waals surface area contributed by atoms with Gasteiger partial charge in [-0.05, 0) is 23.9 Å². The van der Waals surface area contributed by atoms with E-state index < -0.39 is 0 Å². The maximum Gasteiger partial charge on any atom is 0.0826 e. The number of rotatable bonds is 3. The maximum atomic E-state index is 5.21. The first kappa shape index (κ1) is 8.06. The fourth-order valence-corrected chi connectivity index (χ4v) is 1.85. The molecular weight excluding hydrogens is 174 g/mol. The van der Waals surface area contributed by atoms with Crippen molar-refractivity contribution < 1.29 is 4.74 Å². The second kappa shape index (κ2) is 3.14. The summed E-state index contributed by atoms with van der Waals surface area (Å²) in [5.41, 5.74) is 1.33. The molecule has 2 aromatic rings. The summed E-state index contributed by atoms with van der Waals surface area (Å²) in [6.07, 6.45) is 3.82. The van der Waals surface area contributed by atoms with E-state index in [0.717, 1.165) is 19.6 Å². The van der Waals surface area contributed by atoms with Gasteiger partial charge in [0.15, 0.2) is 0 Å². The van der Waals surface area contributed by atoms with Crippen LogP contribution in [0.2, 0.25) is 0 Å². The van der Waals surface area contributed by atoms with E-state index in [0.29, 0.717) is 6.10 Å². The summed E-state index contributed by atoms with van der Waals surface area (Å²) in [7, 11) is 0. The third kappa shape index (κ3) is 1.42. The highest BCUT2D eigenvalue weighted by molar-refractivity contribution is 5.79. The highest BCUT2D eigenvalue weighted by atomic mass is 16.6. The van der Waals surface area contributed by atoms with Gasteiger partial charge in [0.1, 0.15) is 0 Å². The topological polar surface area (TPSA) is 17.5 Å². The van der Waals surface area contributed by atoms with Crippen LogP contribution in [-0.2, 0) is 11.3 Å². The van der Waals surface area contributed by atoms with E-state index in [9.17, 15) is 0 Å². The average Bonchev–Trinajstić information content (AvgIpc) is 2.96. The second-order valence-electron chi connectivity index (χ2n) is 3.81. The standard InChI is InChI=1S/C12H13NO/c1-2-4-12-10(3-1)5-7-13(12)8-6-11-9-14-11/h1-5,7,11H,6,8-9H2. The summed E-state index contributed by atoms with van der Waals surface area (Å²) in [5, 5.41) is 1.32. The van der Waals surface area contributed by atoms with Crippen LogP contribution >= 0.6 is 0 Å². The van der Waals surface area contributed by atoms with Gasteiger partial charge in [-0.25, -0.2) is 0 Å². The highest BCUT2D eigenvalue weighted by Gasteiger charge is 2.21. The van der Waals surface area contributed by atoms with E-state index in [1.165, 1.54) is 10.9 Å². The van der Waals surface area contributed by atoms with Crippen LogP contribution in [0.1, 0.15) is 6.42 Å². The Labute approximate surface area is 83.1 Å². The van der Waals surface area contributed by atoms with Crippen LogP contribution in [-0.4, -0.2) is 17.3 Å². The molecule has 0 saturated carbocycles. The first-order valence-electron chi connectivity index (χ1n) is 5.09. The van der Waals surface area contributed by atoms with Gasteiger partial charge in [0, 0.05) is 18.3 Å². The lowest BCUT2D eigenvalue weighted by atomic mass is 10.2. The maximum absolute atomic E-state index is 5.21. The van der Waals surface area contributed by atoms with Crippen molar-refractivity contribution in [2.75, 3.05) is 6.61 Å². The normalized spacial score (nSPS) is 20.1. The number of ether oxygens (including phenoxy) is 1. The predicted octanol–water partition coefficient (Wildman–Crippen LogP) is 2.43. The Morgan fingerprint density at radius 3 is 3.00 bits per heavy atom. The minimum Gasteiger partial charge on any atom is -0.373 e. The summed E-state index contributed by atoms with van der Waals surface area (Å²) in [4.78, 5) is 0. The van der Waals surface area contributed by atoms with E-state index >= 15 is 0 Å². The van der Waals surface area contributed by atoms with Crippen LogP contribution < -0.4 is 0 Å². The minimum atomic E-state index is 0.524. The molecule has 1 aromatic heterocycles. The SMILES string of the molecule is c1ccc2c(c1)ccn2CCC1CO1. The van der Waals surface area contributed by atoms with E-state index in [2.05, 4.69) is 41.1 Å². The molecule has 1 aromatic carbocycles. The Balaban J connectivity index is 1.87. The smallest absolute Gasteiger partial charge is 0.0826 e. The summed E-state index contributed by atoms with van der Waals surface area (Å²) in [6, 6.07) is 10.7. The van der Waals surface area contributed by atoms with E-state index in [-0.39, 0.29) is 0 Å². The quantitative estimate of drug-likeness (QED) is 0.675. The van der Waals surface area contributed by atoms with Gasteiger partial charge < -0.3 is 9.30 Å². The van der Waals surface area contributed by atoms with Crippen molar-refractivity contribution in [1.82, 2.24) is 4.57 Å². The van der Waals surface area contributed by atoms with Crippen molar-refractivity contribution in [3.05, 3.63) is 36.5 Å². The number of fused-ring (bicyclic) bond motifs is 1. The first-order chi connectivity index (χ1) is 6.93. The van der Waals surface area contributed by atoms with Gasteiger partial charge in [-0.1, -0.05) is 18.2 Å². The molecule has 0 radical (unpaired) electrons. The zero-order valence-electron chi connectivity index (χ0n) is 8.02. The van der Waals surface area contributed by atoms with E-state index in [1.807, 2.05) is 0 Å². The van der Waals surface area contributed by atoms with Gasteiger partial charge in [0.2, 0.25) is 0 Å². The zero-order valence-corrected chi connectivity index (χ0v) is 8.02. The number of epoxide rings is 1. The fourth-order valence-electron chi connectivity index (χ4n) is 1.85. The minimum absolute atomic E-state index is 0.524. The number of hydrogen-bond donors (Lipinski definition) is 0. The third-order valence-electron chi connectivity index (χ3n) is 2.77. The molecule has 0 aliphatic carbocycles. The van der Waals surface area contributed by atoms with E-state index in [4.69, 9.17) is 4.74 Å². The monoisotopic (exact) mass is 187 g/mol. The molecule has 14 heavy (non-hydrogen) atoms. The lowest BCUT2D eigenvalue weighted by Crippen LogP contribution is -1.99. The van der Waals surface area contributed by atoms with Crippen LogP contribution in [0.4, 0.5) is 0 Å². The molecule has 0 spiro atoms. The Morgan fingerprint density at radius 1 is 1.29 bits per heavy atom. The Morgan fingerprint density at radius 2 is 2.14 bits per heavy atom. The molecule has 3 rings (SSSR count). The van der Waals surface area contributed by atoms with Crippen molar-refractivity contribution >= 4 is 10.9 Å². The van der Waals surface area contributed by atoms with Crippen LogP contribution in [0.15, 0.2) is 36.5 Å². The fraction of sp³-hybridized carbons (Fsp3) is 0.333.